The molecular weight excluding hydrogens is 410 g/mol. The molecule has 0 bridgehead atoms. The molecule has 158 valence electrons. The van der Waals surface area contributed by atoms with Gasteiger partial charge in [0.05, 0.1) is 35.0 Å². The summed E-state index contributed by atoms with van der Waals surface area (Å²) in [7, 11) is 3.45. The number of nitrogens with one attached hydrogen (secondary N) is 2. The van der Waals surface area contributed by atoms with Crippen LogP contribution in [0.1, 0.15) is 0 Å². The van der Waals surface area contributed by atoms with Gasteiger partial charge in [0.25, 0.3) is 0 Å². The summed E-state index contributed by atoms with van der Waals surface area (Å²) < 4.78 is 13.3. The number of anilines is 2. The van der Waals surface area contributed by atoms with Crippen LogP contribution in [0.2, 0.25) is 5.02 Å². The Morgan fingerprint density at radius 1 is 1.47 bits per heavy atom. The third-order valence-electron chi connectivity index (χ3n) is 5.02. The second-order valence-electron chi connectivity index (χ2n) is 7.03. The van der Waals surface area contributed by atoms with Crippen molar-refractivity contribution in [3.05, 3.63) is 36.3 Å². The fourth-order valence-corrected chi connectivity index (χ4v) is 3.73. The van der Waals surface area contributed by atoms with Gasteiger partial charge in [0.1, 0.15) is 5.65 Å². The lowest BCUT2D eigenvalue weighted by Gasteiger charge is -2.17. The Bertz CT molecular complexity index is 1080. The third kappa shape index (κ3) is 3.96. The summed E-state index contributed by atoms with van der Waals surface area (Å²) in [5.74, 6) is 0.556. The molecule has 1 amide bonds. The number of carbonyl (C=O) groups is 1. The van der Waals surface area contributed by atoms with Crippen molar-refractivity contribution in [3.8, 4) is 5.88 Å². The smallest absolute Gasteiger partial charge is 0.246 e. The number of halogens is 1. The first kappa shape index (κ1) is 20.2. The van der Waals surface area contributed by atoms with Crippen LogP contribution in [0, 0.1) is 5.92 Å². The van der Waals surface area contributed by atoms with Gasteiger partial charge in [-0.05, 0) is 6.08 Å². The van der Waals surface area contributed by atoms with E-state index in [0.717, 1.165) is 5.69 Å². The summed E-state index contributed by atoms with van der Waals surface area (Å²) in [4.78, 5) is 25.6. The lowest BCUT2D eigenvalue weighted by atomic mass is 10.1. The van der Waals surface area contributed by atoms with Gasteiger partial charge >= 0.3 is 0 Å². The number of fused-ring (bicyclic) bond motifs is 1. The predicted molar refractivity (Wildman–Crippen MR) is 112 cm³/mol. The van der Waals surface area contributed by atoms with E-state index in [0.29, 0.717) is 47.6 Å². The molecule has 30 heavy (non-hydrogen) atoms. The first-order valence-electron chi connectivity index (χ1n) is 9.35. The minimum Gasteiger partial charge on any atom is -0.477 e. The van der Waals surface area contributed by atoms with E-state index in [1.807, 2.05) is 13.2 Å². The van der Waals surface area contributed by atoms with Crippen LogP contribution in [0.4, 0.5) is 11.6 Å². The fraction of sp³-hybridized carbons (Fsp3) is 0.368. The van der Waals surface area contributed by atoms with Gasteiger partial charge in [-0.15, -0.1) is 0 Å². The largest absolute Gasteiger partial charge is 0.477 e. The molecule has 1 unspecified atom stereocenters. The van der Waals surface area contributed by atoms with Crippen molar-refractivity contribution in [2.45, 2.75) is 6.10 Å². The highest BCUT2D eigenvalue weighted by molar-refractivity contribution is 6.35. The minimum absolute atomic E-state index is 0.0173. The normalized spacial score (nSPS) is 18.7. The Hall–Kier alpha value is -3.11. The van der Waals surface area contributed by atoms with Crippen LogP contribution in [-0.2, 0) is 16.6 Å². The number of likely N-dealkylation sites (tertiary alicyclic amines) is 1. The maximum absolute atomic E-state index is 12.0. The maximum atomic E-state index is 12.0. The molecule has 1 aliphatic heterocycles. The highest BCUT2D eigenvalue weighted by atomic mass is 35.5. The van der Waals surface area contributed by atoms with Crippen molar-refractivity contribution < 1.29 is 14.3 Å². The van der Waals surface area contributed by atoms with Crippen molar-refractivity contribution in [1.82, 2.24) is 29.6 Å². The van der Waals surface area contributed by atoms with Gasteiger partial charge in [-0.25, -0.2) is 0 Å². The average Bonchev–Trinajstić information content (AvgIpc) is 3.44. The first-order chi connectivity index (χ1) is 14.5. The number of nitrogens with zero attached hydrogens (tertiary/aromatic N) is 5. The highest BCUT2D eigenvalue weighted by Crippen LogP contribution is 2.32. The lowest BCUT2D eigenvalue weighted by Crippen LogP contribution is -2.28. The molecular formula is C19H22ClN7O3. The van der Waals surface area contributed by atoms with Crippen LogP contribution in [0.3, 0.4) is 0 Å². The Morgan fingerprint density at radius 2 is 2.30 bits per heavy atom. The third-order valence-corrected chi connectivity index (χ3v) is 5.31. The van der Waals surface area contributed by atoms with Crippen molar-refractivity contribution >= 4 is 40.2 Å². The molecule has 0 saturated carbocycles. The molecule has 3 aromatic rings. The zero-order valence-corrected chi connectivity index (χ0v) is 17.4. The molecule has 1 saturated heterocycles. The van der Waals surface area contributed by atoms with Crippen LogP contribution in [0.15, 0.2) is 31.2 Å². The van der Waals surface area contributed by atoms with E-state index in [-0.39, 0.29) is 17.9 Å². The topological polar surface area (TPSA) is 110 Å². The monoisotopic (exact) mass is 431 g/mol. The van der Waals surface area contributed by atoms with Crippen LogP contribution in [-0.4, -0.2) is 68.4 Å². The number of aromatic amines is 1. The second-order valence-corrected chi connectivity index (χ2v) is 7.44. The van der Waals surface area contributed by atoms with Gasteiger partial charge in [0, 0.05) is 45.6 Å². The number of amides is 1. The zero-order chi connectivity index (χ0) is 21.3. The van der Waals surface area contributed by atoms with E-state index >= 15 is 0 Å². The number of carbonyl (C=O) groups excluding carboxylic acids is 1. The van der Waals surface area contributed by atoms with Crippen molar-refractivity contribution in [3.63, 3.8) is 0 Å². The summed E-state index contributed by atoms with van der Waals surface area (Å²) in [6.45, 7) is 4.86. The van der Waals surface area contributed by atoms with Gasteiger partial charge in [-0.2, -0.15) is 15.1 Å². The summed E-state index contributed by atoms with van der Waals surface area (Å²) in [6.07, 6.45) is 6.28. The highest BCUT2D eigenvalue weighted by Gasteiger charge is 2.35. The number of aryl methyl sites for hydroxylation is 1. The van der Waals surface area contributed by atoms with Crippen molar-refractivity contribution in [1.29, 1.82) is 0 Å². The van der Waals surface area contributed by atoms with E-state index < -0.39 is 0 Å². The molecule has 1 aliphatic rings. The van der Waals surface area contributed by atoms with Crippen molar-refractivity contribution in [2.75, 3.05) is 32.1 Å². The summed E-state index contributed by atoms with van der Waals surface area (Å²) in [5, 5.41) is 8.29. The molecule has 0 radical (unpaired) electrons. The number of aromatic nitrogens is 5. The Morgan fingerprint density at radius 3 is 3.00 bits per heavy atom. The number of H-pyrrole nitrogens is 1. The average molecular weight is 432 g/mol. The molecule has 10 nitrogen and oxygen atoms in total. The van der Waals surface area contributed by atoms with Gasteiger partial charge in [0.2, 0.25) is 17.7 Å². The van der Waals surface area contributed by atoms with Gasteiger partial charge in [-0.3, -0.25) is 9.48 Å². The molecule has 1 fully saturated rings. The number of hydrogen-bond acceptors (Lipinski definition) is 7. The lowest BCUT2D eigenvalue weighted by molar-refractivity contribution is -0.125. The van der Waals surface area contributed by atoms with Crippen LogP contribution in [0.5, 0.6) is 5.88 Å². The quantitative estimate of drug-likeness (QED) is 0.551. The fourth-order valence-electron chi connectivity index (χ4n) is 3.50. The standard InChI is InChI=1S/C19H22ClN7O3/c1-4-15(28)27-7-11(14(9-27)29-3)10-30-18-16-13(20)6-21-17(16)24-19(25-18)23-12-5-22-26(2)8-12/h4-6,8,11,14H,1,7,9-10H2,2-3H3,(H2,21,23,24,25)/t11?,14-/m0/s1. The summed E-state index contributed by atoms with van der Waals surface area (Å²) in [6, 6.07) is 0. The molecule has 0 spiro atoms. The SMILES string of the molecule is C=CC(=O)N1CC(COc2nc(Nc3cnn(C)c3)nc3[nH]cc(Cl)c23)[C@@H](OC)C1. The van der Waals surface area contributed by atoms with Crippen LogP contribution in [0.25, 0.3) is 11.0 Å². The first-order valence-corrected chi connectivity index (χ1v) is 9.73. The van der Waals surface area contributed by atoms with Gasteiger partial charge in [-0.1, -0.05) is 18.2 Å². The van der Waals surface area contributed by atoms with E-state index in [2.05, 4.69) is 31.9 Å². The maximum Gasteiger partial charge on any atom is 0.246 e. The molecule has 0 aliphatic carbocycles. The van der Waals surface area contributed by atoms with Crippen LogP contribution >= 0.6 is 11.6 Å². The number of rotatable bonds is 7. The summed E-state index contributed by atoms with van der Waals surface area (Å²) in [5.41, 5.74) is 1.30. The Labute approximate surface area is 177 Å². The van der Waals surface area contributed by atoms with E-state index in [9.17, 15) is 4.79 Å². The Kier molecular flexibility index (Phi) is 5.60. The zero-order valence-electron chi connectivity index (χ0n) is 16.6. The predicted octanol–water partition coefficient (Wildman–Crippen LogP) is 2.13. The molecule has 4 rings (SSSR count). The molecule has 4 heterocycles. The number of methoxy groups -OCH3 is 1. The number of hydrogen-bond donors (Lipinski definition) is 2. The van der Waals surface area contributed by atoms with Gasteiger partial charge < -0.3 is 24.7 Å². The van der Waals surface area contributed by atoms with Crippen molar-refractivity contribution in [2.24, 2.45) is 13.0 Å². The minimum atomic E-state index is -0.138. The van der Waals surface area contributed by atoms with Crippen LogP contribution < -0.4 is 10.1 Å². The Balaban J connectivity index is 1.56. The second kappa shape index (κ2) is 8.33. The van der Waals surface area contributed by atoms with E-state index in [4.69, 9.17) is 21.1 Å². The molecule has 2 atom stereocenters. The van der Waals surface area contributed by atoms with Gasteiger partial charge in [0.15, 0.2) is 0 Å². The van der Waals surface area contributed by atoms with E-state index in [1.165, 1.54) is 6.08 Å². The molecule has 0 aromatic carbocycles. The summed E-state index contributed by atoms with van der Waals surface area (Å²) >= 11 is 6.31. The number of ether oxygens (including phenoxy) is 2. The molecule has 11 heteroatoms. The molecule has 2 N–H and O–H groups in total. The molecule has 3 aromatic heterocycles. The van der Waals surface area contributed by atoms with E-state index in [1.54, 1.807) is 29.1 Å².